The van der Waals surface area contributed by atoms with Crippen LogP contribution >= 0.6 is 0 Å². The van der Waals surface area contributed by atoms with Crippen molar-refractivity contribution in [3.8, 4) is 11.3 Å². The van der Waals surface area contributed by atoms with Crippen LogP contribution < -0.4 is 0 Å². The van der Waals surface area contributed by atoms with Crippen LogP contribution in [0.5, 0.6) is 0 Å². The third-order valence-electron chi connectivity index (χ3n) is 5.88. The molecule has 1 amide bonds. The summed E-state index contributed by atoms with van der Waals surface area (Å²) in [5.74, 6) is 1.24. The molecule has 0 aliphatic carbocycles. The van der Waals surface area contributed by atoms with Crippen molar-refractivity contribution < 1.29 is 9.53 Å². The molecule has 0 saturated carbocycles. The molecule has 148 valence electrons. The maximum Gasteiger partial charge on any atom is 0.257 e. The fourth-order valence-corrected chi connectivity index (χ4v) is 4.44. The van der Waals surface area contributed by atoms with Crippen LogP contribution in [0.25, 0.3) is 11.3 Å². The van der Waals surface area contributed by atoms with Gasteiger partial charge in [-0.2, -0.15) is 0 Å². The minimum atomic E-state index is 0.0457. The number of aromatic nitrogens is 2. The highest BCUT2D eigenvalue weighted by atomic mass is 16.5. The molecule has 3 fully saturated rings. The summed E-state index contributed by atoms with van der Waals surface area (Å²) in [4.78, 5) is 27.0. The number of ether oxygens (including phenoxy) is 1. The smallest absolute Gasteiger partial charge is 0.257 e. The van der Waals surface area contributed by atoms with Gasteiger partial charge in [-0.25, -0.2) is 9.97 Å². The molecule has 0 radical (unpaired) electrons. The molecule has 3 aliphatic heterocycles. The number of hydrogen-bond donors (Lipinski definition) is 0. The molecule has 2 atom stereocenters. The van der Waals surface area contributed by atoms with E-state index in [2.05, 4.69) is 14.9 Å². The lowest BCUT2D eigenvalue weighted by Gasteiger charge is -2.35. The number of benzene rings is 1. The molecular weight excluding hydrogens is 352 g/mol. The predicted molar refractivity (Wildman–Crippen MR) is 108 cm³/mol. The topological polar surface area (TPSA) is 58.6 Å². The van der Waals surface area contributed by atoms with Gasteiger partial charge in [-0.15, -0.1) is 0 Å². The van der Waals surface area contributed by atoms with Gasteiger partial charge >= 0.3 is 0 Å². The van der Waals surface area contributed by atoms with Crippen molar-refractivity contribution in [2.45, 2.75) is 25.8 Å². The van der Waals surface area contributed by atoms with Crippen LogP contribution in [0.2, 0.25) is 0 Å². The fraction of sp³-hybridized carbons (Fsp3) is 0.500. The Morgan fingerprint density at radius 2 is 2.00 bits per heavy atom. The summed E-state index contributed by atoms with van der Waals surface area (Å²) in [5, 5.41) is 0. The largest absolute Gasteiger partial charge is 0.383 e. The lowest BCUT2D eigenvalue weighted by molar-refractivity contribution is 0.0717. The molecule has 6 heteroatoms. The molecule has 0 spiro atoms. The third kappa shape index (κ3) is 3.93. The van der Waals surface area contributed by atoms with Crippen LogP contribution in [0.1, 0.15) is 29.0 Å². The average molecular weight is 380 g/mol. The number of amides is 1. The Balaban J connectivity index is 1.60. The van der Waals surface area contributed by atoms with Crippen LogP contribution in [0, 0.1) is 12.8 Å². The fourth-order valence-electron chi connectivity index (χ4n) is 4.44. The van der Waals surface area contributed by atoms with E-state index in [4.69, 9.17) is 4.74 Å². The molecule has 2 aromatic rings. The first-order chi connectivity index (χ1) is 13.7. The Kier molecular flexibility index (Phi) is 5.69. The quantitative estimate of drug-likeness (QED) is 0.798. The van der Waals surface area contributed by atoms with Crippen LogP contribution in [-0.2, 0) is 4.74 Å². The van der Waals surface area contributed by atoms with Crippen molar-refractivity contribution >= 4 is 5.91 Å². The van der Waals surface area contributed by atoms with Crippen LogP contribution in [0.3, 0.4) is 0 Å². The Hall–Kier alpha value is -2.31. The first-order valence-electron chi connectivity index (χ1n) is 10.1. The zero-order chi connectivity index (χ0) is 19.5. The van der Waals surface area contributed by atoms with Gasteiger partial charge in [0, 0.05) is 51.1 Å². The molecule has 4 heterocycles. The maximum atomic E-state index is 13.5. The average Bonchev–Trinajstić information content (AvgIpc) is 3.04. The number of nitrogens with zero attached hydrogens (tertiary/aromatic N) is 4. The SMILES string of the molecule is COCCN1C[C@H]2CC[C@@H]1CN(C(=O)c1cnc(C)nc1-c1ccccc1)C2. The van der Waals surface area contributed by atoms with Crippen molar-refractivity contribution in [2.75, 3.05) is 39.9 Å². The van der Waals surface area contributed by atoms with Crippen molar-refractivity contribution in [3.63, 3.8) is 0 Å². The molecular formula is C22H28N4O2. The highest BCUT2D eigenvalue weighted by Crippen LogP contribution is 2.30. The molecule has 28 heavy (non-hydrogen) atoms. The van der Waals surface area contributed by atoms with Gasteiger partial charge in [0.15, 0.2) is 0 Å². The molecule has 1 aromatic heterocycles. The number of hydrogen-bond acceptors (Lipinski definition) is 5. The van der Waals surface area contributed by atoms with E-state index < -0.39 is 0 Å². The second-order valence-electron chi connectivity index (χ2n) is 7.84. The number of rotatable bonds is 5. The monoisotopic (exact) mass is 380 g/mol. The Bertz CT molecular complexity index is 827. The lowest BCUT2D eigenvalue weighted by Crippen LogP contribution is -2.45. The number of aryl methyl sites for hydroxylation is 1. The number of piperidine rings is 1. The molecule has 1 aromatic carbocycles. The van der Waals surface area contributed by atoms with Crippen molar-refractivity contribution in [3.05, 3.63) is 47.9 Å². The van der Waals surface area contributed by atoms with Crippen molar-refractivity contribution in [1.82, 2.24) is 19.8 Å². The zero-order valence-corrected chi connectivity index (χ0v) is 16.7. The highest BCUT2D eigenvalue weighted by molar-refractivity contribution is 5.99. The molecule has 2 bridgehead atoms. The molecule has 3 aliphatic rings. The third-order valence-corrected chi connectivity index (χ3v) is 5.88. The number of methoxy groups -OCH3 is 1. The predicted octanol–water partition coefficient (Wildman–Crippen LogP) is 2.63. The summed E-state index contributed by atoms with van der Waals surface area (Å²) in [5.41, 5.74) is 2.28. The summed E-state index contributed by atoms with van der Waals surface area (Å²) in [6, 6.07) is 10.3. The van der Waals surface area contributed by atoms with Gasteiger partial charge in [0.05, 0.1) is 17.9 Å². The van der Waals surface area contributed by atoms with E-state index in [0.29, 0.717) is 23.3 Å². The van der Waals surface area contributed by atoms with Gasteiger partial charge in [0.1, 0.15) is 5.82 Å². The van der Waals surface area contributed by atoms with Gasteiger partial charge in [-0.1, -0.05) is 30.3 Å². The summed E-state index contributed by atoms with van der Waals surface area (Å²) < 4.78 is 5.27. The second kappa shape index (κ2) is 8.37. The number of fused-ring (bicyclic) bond motifs is 4. The second-order valence-corrected chi connectivity index (χ2v) is 7.84. The van der Waals surface area contributed by atoms with Gasteiger partial charge in [-0.05, 0) is 25.7 Å². The molecule has 5 rings (SSSR count). The van der Waals surface area contributed by atoms with Crippen LogP contribution in [0.4, 0.5) is 0 Å². The summed E-state index contributed by atoms with van der Waals surface area (Å²) >= 11 is 0. The first kappa shape index (κ1) is 19.0. The lowest BCUT2D eigenvalue weighted by atomic mass is 9.95. The molecule has 0 unspecified atom stereocenters. The molecule has 0 N–H and O–H groups in total. The van der Waals surface area contributed by atoms with Gasteiger partial charge in [0.2, 0.25) is 0 Å². The van der Waals surface area contributed by atoms with E-state index in [0.717, 1.165) is 50.5 Å². The highest BCUT2D eigenvalue weighted by Gasteiger charge is 2.37. The molecule has 3 saturated heterocycles. The number of carbonyl (C=O) groups excluding carboxylic acids is 1. The van der Waals surface area contributed by atoms with Crippen molar-refractivity contribution in [1.29, 1.82) is 0 Å². The van der Waals surface area contributed by atoms with E-state index in [9.17, 15) is 4.79 Å². The minimum Gasteiger partial charge on any atom is -0.383 e. The Morgan fingerprint density at radius 1 is 1.18 bits per heavy atom. The van der Waals surface area contributed by atoms with E-state index in [-0.39, 0.29) is 5.91 Å². The zero-order valence-electron chi connectivity index (χ0n) is 16.7. The van der Waals surface area contributed by atoms with E-state index >= 15 is 0 Å². The first-order valence-corrected chi connectivity index (χ1v) is 10.1. The standard InChI is InChI=1S/C22H28N4O2/c1-16-23-12-20(21(24-16)18-6-4-3-5-7-18)22(27)26-14-17-8-9-19(15-26)25(13-17)10-11-28-2/h3-7,12,17,19H,8-11,13-15H2,1-2H3/t17-,19-/m1/s1. The van der Waals surface area contributed by atoms with E-state index in [1.54, 1.807) is 13.3 Å². The maximum absolute atomic E-state index is 13.5. The summed E-state index contributed by atoms with van der Waals surface area (Å²) in [6.45, 7) is 6.15. The molecule has 6 nitrogen and oxygen atoms in total. The van der Waals surface area contributed by atoms with E-state index in [1.165, 1.54) is 6.42 Å². The van der Waals surface area contributed by atoms with Gasteiger partial charge in [0.25, 0.3) is 5.91 Å². The van der Waals surface area contributed by atoms with Gasteiger partial charge < -0.3 is 9.64 Å². The normalized spacial score (nSPS) is 22.3. The van der Waals surface area contributed by atoms with Crippen molar-refractivity contribution in [2.24, 2.45) is 5.92 Å². The Labute approximate surface area is 166 Å². The minimum absolute atomic E-state index is 0.0457. The summed E-state index contributed by atoms with van der Waals surface area (Å²) in [7, 11) is 1.74. The van der Waals surface area contributed by atoms with Crippen LogP contribution in [0.15, 0.2) is 36.5 Å². The number of carbonyl (C=O) groups is 1. The Morgan fingerprint density at radius 3 is 2.79 bits per heavy atom. The van der Waals surface area contributed by atoms with Gasteiger partial charge in [-0.3, -0.25) is 9.69 Å². The van der Waals surface area contributed by atoms with Crippen LogP contribution in [-0.4, -0.2) is 71.6 Å². The van der Waals surface area contributed by atoms with E-state index in [1.807, 2.05) is 42.2 Å². The summed E-state index contributed by atoms with van der Waals surface area (Å²) in [6.07, 6.45) is 4.03.